The number of halogens is 3. The first kappa shape index (κ1) is 14.4. The van der Waals surface area contributed by atoms with Gasteiger partial charge >= 0.3 is 6.18 Å². The molecular formula is C13H19F3N2O. The minimum absolute atomic E-state index is 0.0544. The molecule has 0 aliphatic heterocycles. The van der Waals surface area contributed by atoms with E-state index in [-0.39, 0.29) is 12.6 Å². The SMILES string of the molecule is CCNCc1ccoc1CN(CC(F)(F)F)C1CC1. The maximum atomic E-state index is 12.5. The van der Waals surface area contributed by atoms with Gasteiger partial charge in [0.15, 0.2) is 0 Å². The first-order valence-electron chi connectivity index (χ1n) is 6.56. The molecular weight excluding hydrogens is 257 g/mol. The van der Waals surface area contributed by atoms with Gasteiger partial charge in [-0.2, -0.15) is 13.2 Å². The van der Waals surface area contributed by atoms with E-state index in [1.807, 2.05) is 13.0 Å². The van der Waals surface area contributed by atoms with Crippen molar-refractivity contribution in [3.8, 4) is 0 Å². The smallest absolute Gasteiger partial charge is 0.401 e. The minimum Gasteiger partial charge on any atom is -0.468 e. The Morgan fingerprint density at radius 2 is 2.16 bits per heavy atom. The lowest BCUT2D eigenvalue weighted by atomic mass is 10.2. The van der Waals surface area contributed by atoms with Gasteiger partial charge in [-0.1, -0.05) is 6.92 Å². The molecule has 6 heteroatoms. The highest BCUT2D eigenvalue weighted by molar-refractivity contribution is 5.17. The summed E-state index contributed by atoms with van der Waals surface area (Å²) in [5.74, 6) is 0.636. The number of alkyl halides is 3. The van der Waals surface area contributed by atoms with Crippen LogP contribution in [0.25, 0.3) is 0 Å². The standard InChI is InChI=1S/C13H19F3N2O/c1-2-17-7-10-5-6-19-12(10)8-18(11-3-4-11)9-13(14,15)16/h5-6,11,17H,2-4,7-9H2,1H3. The van der Waals surface area contributed by atoms with Crippen LogP contribution in [0.3, 0.4) is 0 Å². The zero-order valence-electron chi connectivity index (χ0n) is 11.0. The van der Waals surface area contributed by atoms with Crippen molar-refractivity contribution < 1.29 is 17.6 Å². The lowest BCUT2D eigenvalue weighted by molar-refractivity contribution is -0.148. The predicted octanol–water partition coefficient (Wildman–Crippen LogP) is 2.92. The van der Waals surface area contributed by atoms with E-state index < -0.39 is 12.7 Å². The zero-order chi connectivity index (χ0) is 13.9. The van der Waals surface area contributed by atoms with Gasteiger partial charge in [0.25, 0.3) is 0 Å². The molecule has 3 nitrogen and oxygen atoms in total. The van der Waals surface area contributed by atoms with Gasteiger partial charge < -0.3 is 9.73 Å². The summed E-state index contributed by atoms with van der Waals surface area (Å²) in [5.41, 5.74) is 0.940. The molecule has 0 aromatic carbocycles. The molecule has 0 spiro atoms. The fourth-order valence-corrected chi connectivity index (χ4v) is 2.09. The molecule has 1 N–H and O–H groups in total. The topological polar surface area (TPSA) is 28.4 Å². The highest BCUT2D eigenvalue weighted by Gasteiger charge is 2.38. The van der Waals surface area contributed by atoms with E-state index in [4.69, 9.17) is 4.42 Å². The van der Waals surface area contributed by atoms with E-state index in [1.54, 1.807) is 6.26 Å². The van der Waals surface area contributed by atoms with E-state index in [0.717, 1.165) is 24.9 Å². The van der Waals surface area contributed by atoms with Crippen LogP contribution in [0.5, 0.6) is 0 Å². The Bertz CT molecular complexity index is 399. The Kier molecular flexibility index (Phi) is 4.52. The second-order valence-corrected chi connectivity index (χ2v) is 4.90. The van der Waals surface area contributed by atoms with Crippen LogP contribution in [0.4, 0.5) is 13.2 Å². The summed E-state index contributed by atoms with van der Waals surface area (Å²) in [6, 6.07) is 1.87. The monoisotopic (exact) mass is 276 g/mol. The summed E-state index contributed by atoms with van der Waals surface area (Å²) in [5, 5.41) is 3.16. The quantitative estimate of drug-likeness (QED) is 0.830. The van der Waals surface area contributed by atoms with E-state index in [2.05, 4.69) is 5.32 Å². The summed E-state index contributed by atoms with van der Waals surface area (Å²) in [7, 11) is 0. The summed E-state index contributed by atoms with van der Waals surface area (Å²) in [6.07, 6.45) is -0.920. The molecule has 108 valence electrons. The average Bonchev–Trinajstić information content (AvgIpc) is 3.07. The minimum atomic E-state index is -4.16. The second-order valence-electron chi connectivity index (χ2n) is 4.90. The van der Waals surface area contributed by atoms with E-state index in [1.165, 1.54) is 4.90 Å². The first-order chi connectivity index (χ1) is 8.99. The summed E-state index contributed by atoms with van der Waals surface area (Å²) in [6.45, 7) is 2.81. The van der Waals surface area contributed by atoms with Crippen LogP contribution in [0.15, 0.2) is 16.7 Å². The number of rotatable bonds is 7. The van der Waals surface area contributed by atoms with Gasteiger partial charge in [-0.25, -0.2) is 0 Å². The Labute approximate surface area is 110 Å². The molecule has 1 aromatic heterocycles. The molecule has 1 heterocycles. The van der Waals surface area contributed by atoms with Crippen LogP contribution < -0.4 is 5.32 Å². The van der Waals surface area contributed by atoms with Crippen LogP contribution in [0.2, 0.25) is 0 Å². The van der Waals surface area contributed by atoms with Crippen molar-refractivity contribution in [2.24, 2.45) is 0 Å². The number of nitrogens with zero attached hydrogens (tertiary/aromatic N) is 1. The molecule has 0 saturated heterocycles. The van der Waals surface area contributed by atoms with Gasteiger partial charge in [0, 0.05) is 18.2 Å². The Balaban J connectivity index is 1.98. The van der Waals surface area contributed by atoms with Crippen LogP contribution in [0, 0.1) is 0 Å². The fourth-order valence-electron chi connectivity index (χ4n) is 2.09. The van der Waals surface area contributed by atoms with Crippen molar-refractivity contribution in [3.63, 3.8) is 0 Å². The lowest BCUT2D eigenvalue weighted by Crippen LogP contribution is -2.35. The van der Waals surface area contributed by atoms with Gasteiger partial charge in [-0.3, -0.25) is 4.90 Å². The molecule has 19 heavy (non-hydrogen) atoms. The largest absolute Gasteiger partial charge is 0.468 e. The van der Waals surface area contributed by atoms with Crippen LogP contribution in [-0.4, -0.2) is 30.2 Å². The third-order valence-electron chi connectivity index (χ3n) is 3.20. The summed E-state index contributed by atoms with van der Waals surface area (Å²) in [4.78, 5) is 1.47. The molecule has 0 unspecified atom stereocenters. The lowest BCUT2D eigenvalue weighted by Gasteiger charge is -2.22. The van der Waals surface area contributed by atoms with Gasteiger partial charge in [0.05, 0.1) is 19.4 Å². The maximum absolute atomic E-state index is 12.5. The maximum Gasteiger partial charge on any atom is 0.401 e. The molecule has 1 aliphatic carbocycles. The van der Waals surface area contributed by atoms with Crippen LogP contribution in [-0.2, 0) is 13.1 Å². The van der Waals surface area contributed by atoms with Crippen molar-refractivity contribution in [2.75, 3.05) is 13.1 Å². The zero-order valence-corrected chi connectivity index (χ0v) is 11.0. The molecule has 0 radical (unpaired) electrons. The number of furan rings is 1. The van der Waals surface area contributed by atoms with Crippen molar-refractivity contribution in [2.45, 2.75) is 45.1 Å². The first-order valence-corrected chi connectivity index (χ1v) is 6.56. The van der Waals surface area contributed by atoms with Crippen LogP contribution in [0.1, 0.15) is 31.1 Å². The van der Waals surface area contributed by atoms with Crippen molar-refractivity contribution in [3.05, 3.63) is 23.7 Å². The average molecular weight is 276 g/mol. The number of nitrogens with one attached hydrogen (secondary N) is 1. The van der Waals surface area contributed by atoms with Crippen LogP contribution >= 0.6 is 0 Å². The molecule has 1 fully saturated rings. The molecule has 0 atom stereocenters. The Morgan fingerprint density at radius 3 is 2.74 bits per heavy atom. The predicted molar refractivity (Wildman–Crippen MR) is 65.6 cm³/mol. The van der Waals surface area contributed by atoms with Crippen molar-refractivity contribution in [1.82, 2.24) is 10.2 Å². The van der Waals surface area contributed by atoms with Gasteiger partial charge in [-0.15, -0.1) is 0 Å². The molecule has 0 bridgehead atoms. The van der Waals surface area contributed by atoms with E-state index in [0.29, 0.717) is 12.3 Å². The highest BCUT2D eigenvalue weighted by atomic mass is 19.4. The summed E-state index contributed by atoms with van der Waals surface area (Å²) < 4.78 is 43.0. The van der Waals surface area contributed by atoms with Gasteiger partial charge in [0.2, 0.25) is 0 Å². The Hall–Kier alpha value is -1.01. The molecule has 1 saturated carbocycles. The normalized spacial score (nSPS) is 16.3. The van der Waals surface area contributed by atoms with Crippen molar-refractivity contribution in [1.29, 1.82) is 0 Å². The van der Waals surface area contributed by atoms with Gasteiger partial charge in [-0.05, 0) is 25.5 Å². The summed E-state index contributed by atoms with van der Waals surface area (Å²) >= 11 is 0. The molecule has 2 rings (SSSR count). The number of hydrogen-bond donors (Lipinski definition) is 1. The van der Waals surface area contributed by atoms with Crippen molar-refractivity contribution >= 4 is 0 Å². The third kappa shape index (κ3) is 4.54. The number of hydrogen-bond acceptors (Lipinski definition) is 3. The van der Waals surface area contributed by atoms with Gasteiger partial charge in [0.1, 0.15) is 5.76 Å². The Morgan fingerprint density at radius 1 is 1.42 bits per heavy atom. The molecule has 0 amide bonds. The van der Waals surface area contributed by atoms with E-state index in [9.17, 15) is 13.2 Å². The highest BCUT2D eigenvalue weighted by Crippen LogP contribution is 2.32. The molecule has 1 aromatic rings. The van der Waals surface area contributed by atoms with E-state index >= 15 is 0 Å². The second kappa shape index (κ2) is 5.96. The molecule has 1 aliphatic rings. The fraction of sp³-hybridized carbons (Fsp3) is 0.692. The third-order valence-corrected chi connectivity index (χ3v) is 3.20.